The maximum Gasteiger partial charge on any atom is 0.331 e. The smallest absolute Gasteiger partial charge is 0.331 e. The van der Waals surface area contributed by atoms with Gasteiger partial charge in [-0.15, -0.1) is 5.10 Å². The highest BCUT2D eigenvalue weighted by Gasteiger charge is 2.24. The average Bonchev–Trinajstić information content (AvgIpc) is 2.88. The third-order valence-corrected chi connectivity index (χ3v) is 5.14. The molecule has 0 spiro atoms. The normalized spacial score (nSPS) is 11.7. The van der Waals surface area contributed by atoms with Crippen LogP contribution in [0.25, 0.3) is 5.69 Å². The van der Waals surface area contributed by atoms with Crippen LogP contribution in [0.5, 0.6) is 5.88 Å². The summed E-state index contributed by atoms with van der Waals surface area (Å²) in [6, 6.07) is 11.0. The second-order valence-corrected chi connectivity index (χ2v) is 6.85. The molecule has 0 fully saturated rings. The molecule has 0 unspecified atom stereocenters. The summed E-state index contributed by atoms with van der Waals surface area (Å²) in [7, 11) is -3.11. The number of rotatable bonds is 8. The molecule has 1 N–H and O–H groups in total. The van der Waals surface area contributed by atoms with Crippen LogP contribution in [-0.4, -0.2) is 34.3 Å². The molecule has 0 atom stereocenters. The van der Waals surface area contributed by atoms with Crippen molar-refractivity contribution in [2.75, 3.05) is 19.4 Å². The summed E-state index contributed by atoms with van der Waals surface area (Å²) in [5.74, 6) is -0.0681. The quantitative estimate of drug-likeness (QED) is 0.754. The summed E-state index contributed by atoms with van der Waals surface area (Å²) in [5, 5.41) is 13.7. The lowest BCUT2D eigenvalue weighted by Gasteiger charge is -2.17. The number of benzene rings is 1. The van der Waals surface area contributed by atoms with Gasteiger partial charge >= 0.3 is 7.60 Å². The van der Waals surface area contributed by atoms with Crippen LogP contribution in [0.1, 0.15) is 19.5 Å². The third-order valence-electron chi connectivity index (χ3n) is 3.06. The highest BCUT2D eigenvalue weighted by atomic mass is 31.2. The number of para-hydroxylation sites is 1. The Hall–Kier alpha value is -1.62. The van der Waals surface area contributed by atoms with E-state index in [-0.39, 0.29) is 12.0 Å². The van der Waals surface area contributed by atoms with Crippen LogP contribution in [0.2, 0.25) is 0 Å². The first-order valence-corrected chi connectivity index (χ1v) is 9.02. The van der Waals surface area contributed by atoms with Crippen molar-refractivity contribution in [1.82, 2.24) is 9.78 Å². The van der Waals surface area contributed by atoms with Crippen LogP contribution in [0.4, 0.5) is 0 Å². The van der Waals surface area contributed by atoms with Crippen molar-refractivity contribution in [3.05, 3.63) is 42.1 Å². The predicted molar refractivity (Wildman–Crippen MR) is 84.7 cm³/mol. The molecule has 1 heterocycles. The second-order valence-electron chi connectivity index (χ2n) is 4.66. The molecule has 0 saturated carbocycles. The lowest BCUT2D eigenvalue weighted by molar-refractivity contribution is 0.220. The maximum absolute atomic E-state index is 12.5. The van der Waals surface area contributed by atoms with Gasteiger partial charge in [-0.1, -0.05) is 18.2 Å². The summed E-state index contributed by atoms with van der Waals surface area (Å²) in [6.07, 6.45) is 0.673. The van der Waals surface area contributed by atoms with E-state index in [1.54, 1.807) is 24.6 Å². The fourth-order valence-corrected chi connectivity index (χ4v) is 3.81. The van der Waals surface area contributed by atoms with Gasteiger partial charge in [0.1, 0.15) is 0 Å². The molecule has 0 aliphatic carbocycles. The molecule has 0 amide bonds. The van der Waals surface area contributed by atoms with Gasteiger partial charge < -0.3 is 14.2 Å². The summed E-state index contributed by atoms with van der Waals surface area (Å²) in [6.45, 7) is 4.23. The van der Waals surface area contributed by atoms with E-state index in [0.29, 0.717) is 19.6 Å². The molecule has 0 aliphatic heterocycles. The van der Waals surface area contributed by atoms with E-state index in [4.69, 9.17) is 9.05 Å². The van der Waals surface area contributed by atoms with Gasteiger partial charge in [-0.25, -0.2) is 4.68 Å². The lowest BCUT2D eigenvalue weighted by atomic mass is 10.3. The molecular weight excluding hydrogens is 303 g/mol. The largest absolute Gasteiger partial charge is 0.492 e. The molecule has 120 valence electrons. The number of aromatic nitrogens is 2. The van der Waals surface area contributed by atoms with Gasteiger partial charge in [0.05, 0.1) is 25.1 Å². The SMILES string of the molecule is CCOP(=O)(CCc1cc(O)nn1-c1ccccc1)OCC. The zero-order valence-corrected chi connectivity index (χ0v) is 13.7. The Balaban J connectivity index is 2.18. The Morgan fingerprint density at radius 3 is 2.41 bits per heavy atom. The highest BCUT2D eigenvalue weighted by Crippen LogP contribution is 2.48. The zero-order valence-electron chi connectivity index (χ0n) is 12.8. The first kappa shape index (κ1) is 16.7. The zero-order chi connectivity index (χ0) is 16.0. The van der Waals surface area contributed by atoms with Gasteiger partial charge in [0.2, 0.25) is 5.88 Å². The van der Waals surface area contributed by atoms with E-state index in [1.165, 1.54) is 0 Å². The summed E-state index contributed by atoms with van der Waals surface area (Å²) < 4.78 is 24.7. The molecule has 2 rings (SSSR count). The number of nitrogens with zero attached hydrogens (tertiary/aromatic N) is 2. The minimum Gasteiger partial charge on any atom is -0.492 e. The topological polar surface area (TPSA) is 73.6 Å². The summed E-state index contributed by atoms with van der Waals surface area (Å²) >= 11 is 0. The molecule has 2 aromatic rings. The van der Waals surface area contributed by atoms with Gasteiger partial charge in [-0.2, -0.15) is 0 Å². The molecular formula is C15H21N2O4P. The van der Waals surface area contributed by atoms with Crippen molar-refractivity contribution in [2.45, 2.75) is 20.3 Å². The third kappa shape index (κ3) is 4.19. The first-order chi connectivity index (χ1) is 10.6. The van der Waals surface area contributed by atoms with Crippen molar-refractivity contribution in [1.29, 1.82) is 0 Å². The van der Waals surface area contributed by atoms with Crippen molar-refractivity contribution >= 4 is 7.60 Å². The van der Waals surface area contributed by atoms with Crippen LogP contribution < -0.4 is 0 Å². The summed E-state index contributed by atoms with van der Waals surface area (Å²) in [5.41, 5.74) is 1.59. The van der Waals surface area contributed by atoms with Crippen molar-refractivity contribution < 1.29 is 18.7 Å². The lowest BCUT2D eigenvalue weighted by Crippen LogP contribution is -2.07. The molecule has 0 aliphatic rings. The van der Waals surface area contributed by atoms with Crippen LogP contribution in [-0.2, 0) is 20.0 Å². The predicted octanol–water partition coefficient (Wildman–Crippen LogP) is 3.39. The molecule has 0 bridgehead atoms. The van der Waals surface area contributed by atoms with Gasteiger partial charge in [-0.3, -0.25) is 4.57 Å². The van der Waals surface area contributed by atoms with Crippen LogP contribution >= 0.6 is 7.60 Å². The molecule has 6 nitrogen and oxygen atoms in total. The average molecular weight is 324 g/mol. The van der Waals surface area contributed by atoms with E-state index in [1.807, 2.05) is 30.3 Å². The fraction of sp³-hybridized carbons (Fsp3) is 0.400. The van der Waals surface area contributed by atoms with Crippen LogP contribution in [0, 0.1) is 0 Å². The van der Waals surface area contributed by atoms with Crippen molar-refractivity contribution in [2.24, 2.45) is 0 Å². The fourth-order valence-electron chi connectivity index (χ4n) is 2.19. The number of aryl methyl sites for hydroxylation is 1. The summed E-state index contributed by atoms with van der Waals surface area (Å²) in [4.78, 5) is 0. The molecule has 0 saturated heterocycles. The minimum absolute atomic E-state index is 0.0681. The number of hydrogen-bond acceptors (Lipinski definition) is 5. The number of aromatic hydroxyl groups is 1. The van der Waals surface area contributed by atoms with Crippen LogP contribution in [0.3, 0.4) is 0 Å². The van der Waals surface area contributed by atoms with E-state index in [9.17, 15) is 9.67 Å². The Kier molecular flexibility index (Phi) is 5.77. The standard InChI is InChI=1S/C15H21N2O4P/c1-3-20-22(19,21-4-2)11-10-14-12-15(18)16-17(14)13-8-6-5-7-9-13/h5-9,12H,3-4,10-11H2,1-2H3,(H,16,18). The molecule has 22 heavy (non-hydrogen) atoms. The minimum atomic E-state index is -3.11. The van der Waals surface area contributed by atoms with E-state index >= 15 is 0 Å². The second kappa shape index (κ2) is 7.58. The highest BCUT2D eigenvalue weighted by molar-refractivity contribution is 7.53. The molecule has 1 aromatic carbocycles. The monoisotopic (exact) mass is 324 g/mol. The first-order valence-electron chi connectivity index (χ1n) is 7.29. The van der Waals surface area contributed by atoms with Crippen molar-refractivity contribution in [3.63, 3.8) is 0 Å². The van der Waals surface area contributed by atoms with E-state index < -0.39 is 7.60 Å². The van der Waals surface area contributed by atoms with Gasteiger partial charge in [0.25, 0.3) is 0 Å². The van der Waals surface area contributed by atoms with Gasteiger partial charge in [0.15, 0.2) is 0 Å². The molecule has 7 heteroatoms. The van der Waals surface area contributed by atoms with Crippen molar-refractivity contribution in [3.8, 4) is 11.6 Å². The maximum atomic E-state index is 12.5. The van der Waals surface area contributed by atoms with E-state index in [2.05, 4.69) is 5.10 Å². The molecule has 1 aromatic heterocycles. The Labute approximate surface area is 130 Å². The van der Waals surface area contributed by atoms with E-state index in [0.717, 1.165) is 11.4 Å². The number of hydrogen-bond donors (Lipinski definition) is 1. The van der Waals surface area contributed by atoms with Gasteiger partial charge in [-0.05, 0) is 26.0 Å². The molecule has 0 radical (unpaired) electrons. The Morgan fingerprint density at radius 2 is 1.82 bits per heavy atom. The Bertz CT molecular complexity index is 632. The van der Waals surface area contributed by atoms with Crippen LogP contribution in [0.15, 0.2) is 36.4 Å². The Morgan fingerprint density at radius 1 is 1.18 bits per heavy atom. The van der Waals surface area contributed by atoms with Gasteiger partial charge in [0, 0.05) is 18.2 Å².